The van der Waals surface area contributed by atoms with Crippen LogP contribution in [-0.2, 0) is 13.2 Å². The fraction of sp³-hybridized carbons (Fsp3) is 0.381. The highest BCUT2D eigenvalue weighted by atomic mass is 16.3. The number of rotatable bonds is 4. The van der Waals surface area contributed by atoms with Crippen LogP contribution in [-0.4, -0.2) is 36.2 Å². The molecule has 0 bridgehead atoms. The summed E-state index contributed by atoms with van der Waals surface area (Å²) < 4.78 is 0. The number of piperazine rings is 1. The van der Waals surface area contributed by atoms with Crippen LogP contribution in [0.3, 0.4) is 0 Å². The van der Waals surface area contributed by atoms with Crippen LogP contribution in [0.1, 0.15) is 27.8 Å². The lowest BCUT2D eigenvalue weighted by Gasteiger charge is -2.36. The molecule has 1 aliphatic heterocycles. The lowest BCUT2D eigenvalue weighted by atomic mass is 9.99. The van der Waals surface area contributed by atoms with E-state index in [-0.39, 0.29) is 6.61 Å². The monoisotopic (exact) mass is 335 g/mol. The predicted molar refractivity (Wildman–Crippen MR) is 100 cm³/mol. The first-order valence-corrected chi connectivity index (χ1v) is 8.78. The number of para-hydroxylation sites is 1. The summed E-state index contributed by atoms with van der Waals surface area (Å²) in [5.74, 6) is 0. The second kappa shape index (κ2) is 7.69. The van der Waals surface area contributed by atoms with Gasteiger partial charge in [-0.2, -0.15) is 5.26 Å². The van der Waals surface area contributed by atoms with Gasteiger partial charge in [0.25, 0.3) is 0 Å². The van der Waals surface area contributed by atoms with Crippen LogP contribution < -0.4 is 4.90 Å². The van der Waals surface area contributed by atoms with Crippen molar-refractivity contribution in [1.82, 2.24) is 4.90 Å². The number of nitrogens with zero attached hydrogens (tertiary/aromatic N) is 3. The highest BCUT2D eigenvalue weighted by Gasteiger charge is 2.19. The molecule has 0 atom stereocenters. The molecule has 1 saturated heterocycles. The van der Waals surface area contributed by atoms with Gasteiger partial charge in [0, 0.05) is 32.7 Å². The lowest BCUT2D eigenvalue weighted by Crippen LogP contribution is -2.46. The van der Waals surface area contributed by atoms with E-state index >= 15 is 0 Å². The number of hydrogen-bond donors (Lipinski definition) is 1. The maximum Gasteiger partial charge on any atom is 0.101 e. The first kappa shape index (κ1) is 17.5. The maximum atomic E-state index is 9.50. The molecule has 25 heavy (non-hydrogen) atoms. The van der Waals surface area contributed by atoms with Gasteiger partial charge in [0.1, 0.15) is 6.07 Å². The number of nitriles is 1. The molecule has 3 rings (SSSR count). The summed E-state index contributed by atoms with van der Waals surface area (Å²) in [5, 5.41) is 18.8. The van der Waals surface area contributed by atoms with Crippen molar-refractivity contribution < 1.29 is 5.11 Å². The molecule has 0 aromatic heterocycles. The summed E-state index contributed by atoms with van der Waals surface area (Å²) in [5.41, 5.74) is 6.54. The van der Waals surface area contributed by atoms with E-state index in [0.29, 0.717) is 0 Å². The Bertz CT molecular complexity index is 786. The van der Waals surface area contributed by atoms with Crippen molar-refractivity contribution in [3.05, 3.63) is 64.2 Å². The number of hydrogen-bond acceptors (Lipinski definition) is 4. The van der Waals surface area contributed by atoms with E-state index in [2.05, 4.69) is 34.9 Å². The topological polar surface area (TPSA) is 50.5 Å². The Morgan fingerprint density at radius 3 is 2.36 bits per heavy atom. The number of anilines is 1. The number of aryl methyl sites for hydroxylation is 2. The van der Waals surface area contributed by atoms with Gasteiger partial charge in [0.2, 0.25) is 0 Å². The van der Waals surface area contributed by atoms with Gasteiger partial charge >= 0.3 is 0 Å². The lowest BCUT2D eigenvalue weighted by molar-refractivity contribution is 0.248. The van der Waals surface area contributed by atoms with Gasteiger partial charge in [0.05, 0.1) is 17.9 Å². The zero-order valence-corrected chi connectivity index (χ0v) is 15.0. The van der Waals surface area contributed by atoms with Crippen LogP contribution in [0, 0.1) is 25.2 Å². The average Bonchev–Trinajstić information content (AvgIpc) is 2.64. The molecule has 4 heteroatoms. The molecule has 1 fully saturated rings. The first-order chi connectivity index (χ1) is 12.1. The first-order valence-electron chi connectivity index (χ1n) is 8.78. The van der Waals surface area contributed by atoms with Gasteiger partial charge in [-0.3, -0.25) is 4.90 Å². The van der Waals surface area contributed by atoms with E-state index in [1.807, 2.05) is 31.2 Å². The van der Waals surface area contributed by atoms with Gasteiger partial charge in [-0.25, -0.2) is 0 Å². The molecule has 130 valence electrons. The molecule has 0 spiro atoms. The van der Waals surface area contributed by atoms with Gasteiger partial charge in [-0.05, 0) is 48.2 Å². The van der Waals surface area contributed by atoms with Crippen molar-refractivity contribution in [2.45, 2.75) is 27.0 Å². The SMILES string of the molecule is Cc1cc(C)c(CN2CCN(c3ccccc3C#N)CC2)cc1CO. The number of benzene rings is 2. The fourth-order valence-electron chi connectivity index (χ4n) is 3.52. The van der Waals surface area contributed by atoms with Gasteiger partial charge in [0.15, 0.2) is 0 Å². The van der Waals surface area contributed by atoms with Crippen LogP contribution in [0.25, 0.3) is 0 Å². The predicted octanol–water partition coefficient (Wildman–Crippen LogP) is 2.99. The molecule has 0 amide bonds. The zero-order valence-electron chi connectivity index (χ0n) is 15.0. The highest BCUT2D eigenvalue weighted by molar-refractivity contribution is 5.59. The van der Waals surface area contributed by atoms with Gasteiger partial charge in [-0.1, -0.05) is 24.3 Å². The number of aliphatic hydroxyl groups excluding tert-OH is 1. The third-order valence-corrected chi connectivity index (χ3v) is 5.10. The Morgan fingerprint density at radius 2 is 1.68 bits per heavy atom. The van der Waals surface area contributed by atoms with Crippen molar-refractivity contribution in [1.29, 1.82) is 5.26 Å². The van der Waals surface area contributed by atoms with Crippen LogP contribution in [0.2, 0.25) is 0 Å². The third-order valence-electron chi connectivity index (χ3n) is 5.10. The number of aliphatic hydroxyl groups is 1. The summed E-state index contributed by atoms with van der Waals surface area (Å²) >= 11 is 0. The van der Waals surface area contributed by atoms with E-state index in [1.165, 1.54) is 11.1 Å². The van der Waals surface area contributed by atoms with Crippen molar-refractivity contribution in [3.63, 3.8) is 0 Å². The molecule has 0 saturated carbocycles. The molecule has 0 radical (unpaired) electrons. The van der Waals surface area contributed by atoms with E-state index in [4.69, 9.17) is 0 Å². The molecule has 2 aromatic carbocycles. The minimum atomic E-state index is 0.0951. The fourth-order valence-corrected chi connectivity index (χ4v) is 3.52. The Balaban J connectivity index is 1.66. The third kappa shape index (κ3) is 3.84. The summed E-state index contributed by atoms with van der Waals surface area (Å²) in [6, 6.07) is 14.4. The molecule has 1 heterocycles. The van der Waals surface area contributed by atoms with Crippen molar-refractivity contribution >= 4 is 5.69 Å². The standard InChI is InChI=1S/C21H25N3O/c1-16-11-17(2)20(15-25)12-19(16)14-23-7-9-24(10-8-23)21-6-4-3-5-18(21)13-22/h3-6,11-12,25H,7-10,14-15H2,1-2H3. The minimum absolute atomic E-state index is 0.0951. The van der Waals surface area contributed by atoms with Crippen LogP contribution >= 0.6 is 0 Å². The van der Waals surface area contributed by atoms with Crippen molar-refractivity contribution in [3.8, 4) is 6.07 Å². The zero-order chi connectivity index (χ0) is 17.8. The molecule has 0 unspecified atom stereocenters. The molecule has 1 N–H and O–H groups in total. The molecule has 4 nitrogen and oxygen atoms in total. The molecular formula is C21H25N3O. The Kier molecular flexibility index (Phi) is 5.37. The molecule has 0 aliphatic carbocycles. The summed E-state index contributed by atoms with van der Waals surface area (Å²) in [4.78, 5) is 4.75. The summed E-state index contributed by atoms with van der Waals surface area (Å²) in [6.45, 7) is 9.00. The Labute approximate surface area is 149 Å². The minimum Gasteiger partial charge on any atom is -0.392 e. The largest absolute Gasteiger partial charge is 0.392 e. The van der Waals surface area contributed by atoms with Crippen molar-refractivity contribution in [2.24, 2.45) is 0 Å². The quantitative estimate of drug-likeness (QED) is 0.933. The smallest absolute Gasteiger partial charge is 0.101 e. The second-order valence-electron chi connectivity index (χ2n) is 6.76. The Morgan fingerprint density at radius 1 is 1.00 bits per heavy atom. The van der Waals surface area contributed by atoms with E-state index < -0.39 is 0 Å². The molecular weight excluding hydrogens is 310 g/mol. The van der Waals surface area contributed by atoms with E-state index in [9.17, 15) is 10.4 Å². The highest BCUT2D eigenvalue weighted by Crippen LogP contribution is 2.23. The summed E-state index contributed by atoms with van der Waals surface area (Å²) in [6.07, 6.45) is 0. The van der Waals surface area contributed by atoms with E-state index in [0.717, 1.165) is 55.1 Å². The van der Waals surface area contributed by atoms with Crippen LogP contribution in [0.15, 0.2) is 36.4 Å². The normalized spacial score (nSPS) is 15.2. The Hall–Kier alpha value is -2.35. The second-order valence-corrected chi connectivity index (χ2v) is 6.76. The van der Waals surface area contributed by atoms with Crippen LogP contribution in [0.4, 0.5) is 5.69 Å². The van der Waals surface area contributed by atoms with E-state index in [1.54, 1.807) is 0 Å². The van der Waals surface area contributed by atoms with Crippen LogP contribution in [0.5, 0.6) is 0 Å². The molecule has 1 aliphatic rings. The maximum absolute atomic E-state index is 9.50. The van der Waals surface area contributed by atoms with Crippen molar-refractivity contribution in [2.75, 3.05) is 31.1 Å². The average molecular weight is 335 g/mol. The molecule has 2 aromatic rings. The van der Waals surface area contributed by atoms with Gasteiger partial charge in [-0.15, -0.1) is 0 Å². The van der Waals surface area contributed by atoms with Gasteiger partial charge < -0.3 is 10.0 Å². The summed E-state index contributed by atoms with van der Waals surface area (Å²) in [7, 11) is 0.